The second kappa shape index (κ2) is 6.27. The molecule has 0 aromatic heterocycles. The minimum Gasteiger partial charge on any atom is -0.496 e. The van der Waals surface area contributed by atoms with Crippen LogP contribution in [0.5, 0.6) is 5.75 Å². The molecular weight excluding hydrogens is 265 g/mol. The van der Waals surface area contributed by atoms with Gasteiger partial charge >= 0.3 is 0 Å². The Kier molecular flexibility index (Phi) is 4.63. The summed E-state index contributed by atoms with van der Waals surface area (Å²) in [6.45, 7) is 6.10. The van der Waals surface area contributed by atoms with Gasteiger partial charge in [-0.25, -0.2) is 4.39 Å². The molecule has 0 fully saturated rings. The second-order valence-electron chi connectivity index (χ2n) is 5.35. The largest absolute Gasteiger partial charge is 0.496 e. The highest BCUT2D eigenvalue weighted by Gasteiger charge is 2.20. The molecule has 0 saturated carbocycles. The number of benzene rings is 2. The predicted molar refractivity (Wildman–Crippen MR) is 84.5 cm³/mol. The van der Waals surface area contributed by atoms with Gasteiger partial charge in [-0.15, -0.1) is 0 Å². The summed E-state index contributed by atoms with van der Waals surface area (Å²) in [5.74, 6) is 0.636. The highest BCUT2D eigenvalue weighted by atomic mass is 19.1. The molecule has 0 aliphatic heterocycles. The van der Waals surface area contributed by atoms with Crippen LogP contribution in [-0.4, -0.2) is 14.2 Å². The topological polar surface area (TPSA) is 21.3 Å². The molecule has 2 aromatic rings. The first-order valence-electron chi connectivity index (χ1n) is 7.07. The molecule has 0 amide bonds. The van der Waals surface area contributed by atoms with Crippen LogP contribution in [0.15, 0.2) is 30.3 Å². The van der Waals surface area contributed by atoms with Crippen LogP contribution in [-0.2, 0) is 0 Å². The van der Waals surface area contributed by atoms with Gasteiger partial charge in [0.1, 0.15) is 11.6 Å². The van der Waals surface area contributed by atoms with Crippen LogP contribution in [0.1, 0.15) is 33.9 Å². The molecule has 0 aliphatic rings. The summed E-state index contributed by atoms with van der Waals surface area (Å²) >= 11 is 0. The summed E-state index contributed by atoms with van der Waals surface area (Å²) < 4.78 is 19.2. The molecule has 0 bridgehead atoms. The molecule has 3 heteroatoms. The van der Waals surface area contributed by atoms with Crippen molar-refractivity contribution in [1.29, 1.82) is 0 Å². The van der Waals surface area contributed by atoms with Crippen molar-refractivity contribution >= 4 is 0 Å². The van der Waals surface area contributed by atoms with E-state index >= 15 is 0 Å². The van der Waals surface area contributed by atoms with Crippen molar-refractivity contribution in [2.24, 2.45) is 0 Å². The SMILES string of the molecule is CNC(c1cc(F)ccc1C)c1ccc(C)c(C)c1OC. The number of halogens is 1. The van der Waals surface area contributed by atoms with E-state index in [9.17, 15) is 4.39 Å². The fourth-order valence-electron chi connectivity index (χ4n) is 2.71. The lowest BCUT2D eigenvalue weighted by Gasteiger charge is -2.23. The third kappa shape index (κ3) is 2.93. The first-order valence-corrected chi connectivity index (χ1v) is 7.07. The van der Waals surface area contributed by atoms with Gasteiger partial charge in [0.05, 0.1) is 13.2 Å². The third-order valence-electron chi connectivity index (χ3n) is 4.06. The lowest BCUT2D eigenvalue weighted by atomic mass is 9.92. The van der Waals surface area contributed by atoms with Crippen LogP contribution in [0.3, 0.4) is 0 Å². The summed E-state index contributed by atoms with van der Waals surface area (Å²) in [6.07, 6.45) is 0. The van der Waals surface area contributed by atoms with Crippen LogP contribution in [0, 0.1) is 26.6 Å². The molecule has 0 radical (unpaired) electrons. The van der Waals surface area contributed by atoms with Gasteiger partial charge in [-0.3, -0.25) is 0 Å². The Hall–Kier alpha value is -1.87. The minimum absolute atomic E-state index is 0.102. The maximum Gasteiger partial charge on any atom is 0.127 e. The molecule has 2 rings (SSSR count). The molecule has 21 heavy (non-hydrogen) atoms. The Balaban J connectivity index is 2.62. The van der Waals surface area contributed by atoms with E-state index in [1.54, 1.807) is 13.2 Å². The molecule has 0 spiro atoms. The predicted octanol–water partition coefficient (Wildman–Crippen LogP) is 4.07. The van der Waals surface area contributed by atoms with Gasteiger partial charge in [0.25, 0.3) is 0 Å². The molecule has 112 valence electrons. The number of nitrogens with one attached hydrogen (secondary N) is 1. The molecule has 2 aromatic carbocycles. The average molecular weight is 287 g/mol. The Bertz CT molecular complexity index is 652. The Labute approximate surface area is 126 Å². The normalized spacial score (nSPS) is 12.3. The number of aryl methyl sites for hydroxylation is 2. The molecule has 1 N–H and O–H groups in total. The van der Waals surface area contributed by atoms with Crippen LogP contribution >= 0.6 is 0 Å². The molecule has 0 heterocycles. The number of hydrogen-bond acceptors (Lipinski definition) is 2. The van der Waals surface area contributed by atoms with Crippen molar-refractivity contribution in [3.63, 3.8) is 0 Å². The number of methoxy groups -OCH3 is 1. The van der Waals surface area contributed by atoms with E-state index < -0.39 is 0 Å². The van der Waals surface area contributed by atoms with Crippen molar-refractivity contribution in [3.8, 4) is 5.75 Å². The van der Waals surface area contributed by atoms with Crippen molar-refractivity contribution in [2.45, 2.75) is 26.8 Å². The molecule has 1 unspecified atom stereocenters. The van der Waals surface area contributed by atoms with Crippen molar-refractivity contribution in [3.05, 3.63) is 64.0 Å². The van der Waals surface area contributed by atoms with Gasteiger partial charge in [0, 0.05) is 5.56 Å². The van der Waals surface area contributed by atoms with Gasteiger partial charge in [-0.05, 0) is 62.2 Å². The van der Waals surface area contributed by atoms with Crippen molar-refractivity contribution in [2.75, 3.05) is 14.2 Å². The standard InChI is InChI=1S/C18H22FNO/c1-11-7-9-15(18(21-5)13(11)3)17(20-4)16-10-14(19)8-6-12(16)2/h6-10,17,20H,1-5H3. The van der Waals surface area contributed by atoms with Gasteiger partial charge in [-0.2, -0.15) is 0 Å². The van der Waals surface area contributed by atoms with Crippen LogP contribution in [0.25, 0.3) is 0 Å². The summed E-state index contributed by atoms with van der Waals surface area (Å²) in [7, 11) is 3.56. The molecule has 2 nitrogen and oxygen atoms in total. The van der Waals surface area contributed by atoms with Crippen LogP contribution < -0.4 is 10.1 Å². The fraction of sp³-hybridized carbons (Fsp3) is 0.333. The Morgan fingerprint density at radius 2 is 1.67 bits per heavy atom. The number of ether oxygens (including phenoxy) is 1. The average Bonchev–Trinajstić information content (AvgIpc) is 2.47. The summed E-state index contributed by atoms with van der Waals surface area (Å²) in [4.78, 5) is 0. The number of rotatable bonds is 4. The minimum atomic E-state index is -0.223. The zero-order chi connectivity index (χ0) is 15.6. The van der Waals surface area contributed by atoms with E-state index in [0.717, 1.165) is 28.0 Å². The lowest BCUT2D eigenvalue weighted by molar-refractivity contribution is 0.401. The Morgan fingerprint density at radius 3 is 2.29 bits per heavy atom. The molecule has 1 atom stereocenters. The second-order valence-corrected chi connectivity index (χ2v) is 5.35. The van der Waals surface area contributed by atoms with Gasteiger partial charge in [0.15, 0.2) is 0 Å². The maximum absolute atomic E-state index is 13.6. The van der Waals surface area contributed by atoms with E-state index in [1.807, 2.05) is 33.0 Å². The Morgan fingerprint density at radius 1 is 1.00 bits per heavy atom. The summed E-state index contributed by atoms with van der Waals surface area (Å²) in [6, 6.07) is 8.91. The van der Waals surface area contributed by atoms with Gasteiger partial charge in [-0.1, -0.05) is 18.2 Å². The van der Waals surface area contributed by atoms with Crippen molar-refractivity contribution in [1.82, 2.24) is 5.32 Å². The zero-order valence-corrected chi connectivity index (χ0v) is 13.3. The van der Waals surface area contributed by atoms with E-state index in [-0.39, 0.29) is 11.9 Å². The van der Waals surface area contributed by atoms with E-state index in [0.29, 0.717) is 0 Å². The molecular formula is C18H22FNO. The highest BCUT2D eigenvalue weighted by molar-refractivity contribution is 5.50. The highest BCUT2D eigenvalue weighted by Crippen LogP contribution is 2.35. The molecule has 0 aliphatic carbocycles. The summed E-state index contributed by atoms with van der Waals surface area (Å²) in [5.41, 5.74) is 5.30. The first-order chi connectivity index (χ1) is 9.99. The smallest absolute Gasteiger partial charge is 0.127 e. The van der Waals surface area contributed by atoms with E-state index in [2.05, 4.69) is 18.3 Å². The van der Waals surface area contributed by atoms with E-state index in [1.165, 1.54) is 11.6 Å². The summed E-state index contributed by atoms with van der Waals surface area (Å²) in [5, 5.41) is 3.28. The van der Waals surface area contributed by atoms with Gasteiger partial charge < -0.3 is 10.1 Å². The van der Waals surface area contributed by atoms with E-state index in [4.69, 9.17) is 4.74 Å². The number of hydrogen-bond donors (Lipinski definition) is 1. The lowest BCUT2D eigenvalue weighted by Crippen LogP contribution is -2.20. The third-order valence-corrected chi connectivity index (χ3v) is 4.06. The van der Waals surface area contributed by atoms with Crippen LogP contribution in [0.2, 0.25) is 0 Å². The first kappa shape index (κ1) is 15.5. The maximum atomic E-state index is 13.6. The monoisotopic (exact) mass is 287 g/mol. The quantitative estimate of drug-likeness (QED) is 0.915. The van der Waals surface area contributed by atoms with Crippen LogP contribution in [0.4, 0.5) is 4.39 Å². The van der Waals surface area contributed by atoms with Crippen molar-refractivity contribution < 1.29 is 9.13 Å². The van der Waals surface area contributed by atoms with Gasteiger partial charge in [0.2, 0.25) is 0 Å². The molecule has 0 saturated heterocycles. The fourth-order valence-corrected chi connectivity index (χ4v) is 2.71. The zero-order valence-electron chi connectivity index (χ0n) is 13.3.